The topological polar surface area (TPSA) is 108 Å². The van der Waals surface area contributed by atoms with Crippen molar-refractivity contribution < 1.29 is 18.0 Å². The standard InChI is InChI=1S/C21H30N4O4S/c26-20(19-7-4-14-25(19)21(27)15-5-2-1-3-6-15)23-22-16-10-12-18(13-11-16)30(28,29)24-17-8-9-17/h10-13,15,17,19,22,24H,1-9,14H2,(H,23,26). The van der Waals surface area contributed by atoms with E-state index in [1.54, 1.807) is 17.0 Å². The Morgan fingerprint density at radius 3 is 2.27 bits per heavy atom. The molecule has 164 valence electrons. The van der Waals surface area contributed by atoms with Crippen molar-refractivity contribution in [1.29, 1.82) is 0 Å². The van der Waals surface area contributed by atoms with Crippen molar-refractivity contribution in [2.24, 2.45) is 5.92 Å². The van der Waals surface area contributed by atoms with Crippen molar-refractivity contribution in [3.8, 4) is 0 Å². The Labute approximate surface area is 177 Å². The molecule has 8 nitrogen and oxygen atoms in total. The third kappa shape index (κ3) is 4.95. The van der Waals surface area contributed by atoms with Crippen molar-refractivity contribution in [3.05, 3.63) is 24.3 Å². The first-order valence-corrected chi connectivity index (χ1v) is 12.4. The monoisotopic (exact) mass is 434 g/mol. The fourth-order valence-corrected chi connectivity index (χ4v) is 5.62. The number of likely N-dealkylation sites (tertiary alicyclic amines) is 1. The molecule has 2 saturated carbocycles. The van der Waals surface area contributed by atoms with Crippen LogP contribution in [0.4, 0.5) is 5.69 Å². The van der Waals surface area contributed by atoms with Gasteiger partial charge in [0.15, 0.2) is 0 Å². The highest BCUT2D eigenvalue weighted by atomic mass is 32.2. The molecule has 1 aliphatic heterocycles. The lowest BCUT2D eigenvalue weighted by Gasteiger charge is -2.30. The van der Waals surface area contributed by atoms with Crippen LogP contribution in [0.1, 0.15) is 57.8 Å². The third-order valence-electron chi connectivity index (χ3n) is 6.19. The summed E-state index contributed by atoms with van der Waals surface area (Å²) in [5, 5.41) is 0. The minimum atomic E-state index is -3.50. The van der Waals surface area contributed by atoms with Crippen molar-refractivity contribution in [3.63, 3.8) is 0 Å². The van der Waals surface area contributed by atoms with Crippen LogP contribution in [0.3, 0.4) is 0 Å². The highest BCUT2D eigenvalue weighted by Gasteiger charge is 2.37. The Morgan fingerprint density at radius 1 is 0.900 bits per heavy atom. The molecule has 4 rings (SSSR count). The predicted molar refractivity (Wildman–Crippen MR) is 113 cm³/mol. The van der Waals surface area contributed by atoms with Crippen LogP contribution < -0.4 is 15.6 Å². The van der Waals surface area contributed by atoms with E-state index in [-0.39, 0.29) is 28.7 Å². The SMILES string of the molecule is O=C(NNc1ccc(S(=O)(=O)NC2CC2)cc1)C1CCCN1C(=O)C1CCCCC1. The Kier molecular flexibility index (Phi) is 6.29. The van der Waals surface area contributed by atoms with Gasteiger partial charge in [0.25, 0.3) is 5.91 Å². The lowest BCUT2D eigenvalue weighted by Crippen LogP contribution is -2.49. The quantitative estimate of drug-likeness (QED) is 0.570. The maximum atomic E-state index is 12.9. The summed E-state index contributed by atoms with van der Waals surface area (Å²) < 4.78 is 27.1. The maximum Gasteiger partial charge on any atom is 0.261 e. The van der Waals surface area contributed by atoms with Crippen LogP contribution in [-0.2, 0) is 19.6 Å². The van der Waals surface area contributed by atoms with Crippen molar-refractivity contribution >= 4 is 27.5 Å². The number of sulfonamides is 1. The minimum Gasteiger partial charge on any atom is -0.330 e. The number of amides is 2. The molecule has 2 aliphatic carbocycles. The largest absolute Gasteiger partial charge is 0.330 e. The van der Waals surface area contributed by atoms with E-state index in [1.165, 1.54) is 18.6 Å². The first-order valence-electron chi connectivity index (χ1n) is 10.9. The fourth-order valence-electron chi connectivity index (χ4n) is 4.31. The molecule has 3 N–H and O–H groups in total. The van der Waals surface area contributed by atoms with Gasteiger partial charge in [0.2, 0.25) is 15.9 Å². The molecular weight excluding hydrogens is 404 g/mol. The number of hydrazine groups is 1. The van der Waals surface area contributed by atoms with Gasteiger partial charge in [0.1, 0.15) is 6.04 Å². The van der Waals surface area contributed by atoms with Crippen LogP contribution in [-0.4, -0.2) is 43.8 Å². The molecule has 0 spiro atoms. The van der Waals surface area contributed by atoms with E-state index >= 15 is 0 Å². The number of carbonyl (C=O) groups excluding carboxylic acids is 2. The number of rotatable bonds is 7. The smallest absolute Gasteiger partial charge is 0.261 e. The molecule has 9 heteroatoms. The van der Waals surface area contributed by atoms with Crippen LogP contribution in [0.15, 0.2) is 29.2 Å². The maximum absolute atomic E-state index is 12.9. The number of anilines is 1. The molecule has 1 saturated heterocycles. The van der Waals surface area contributed by atoms with E-state index in [0.29, 0.717) is 18.7 Å². The number of nitrogens with one attached hydrogen (secondary N) is 3. The predicted octanol–water partition coefficient (Wildman–Crippen LogP) is 2.14. The Bertz CT molecular complexity index is 877. The number of hydrogen-bond acceptors (Lipinski definition) is 5. The van der Waals surface area contributed by atoms with Gasteiger partial charge in [-0.2, -0.15) is 0 Å². The lowest BCUT2D eigenvalue weighted by atomic mass is 9.88. The van der Waals surface area contributed by atoms with Crippen molar-refractivity contribution in [1.82, 2.24) is 15.0 Å². The first-order chi connectivity index (χ1) is 14.4. The average molecular weight is 435 g/mol. The normalized spacial score (nSPS) is 22.7. The van der Waals surface area contributed by atoms with Gasteiger partial charge in [-0.25, -0.2) is 13.1 Å². The molecule has 0 radical (unpaired) electrons. The number of hydrogen-bond donors (Lipinski definition) is 3. The van der Waals surface area contributed by atoms with Crippen LogP contribution >= 0.6 is 0 Å². The second-order valence-electron chi connectivity index (χ2n) is 8.56. The van der Waals surface area contributed by atoms with E-state index in [4.69, 9.17) is 0 Å². The molecule has 1 heterocycles. The van der Waals surface area contributed by atoms with E-state index in [0.717, 1.165) is 44.9 Å². The Balaban J connectivity index is 1.31. The van der Waals surface area contributed by atoms with Gasteiger partial charge >= 0.3 is 0 Å². The molecule has 0 bridgehead atoms. The molecule has 2 amide bonds. The summed E-state index contributed by atoms with van der Waals surface area (Å²) in [7, 11) is -3.50. The van der Waals surface area contributed by atoms with E-state index in [2.05, 4.69) is 15.6 Å². The first kappa shape index (κ1) is 21.1. The van der Waals surface area contributed by atoms with Crippen LogP contribution in [0.5, 0.6) is 0 Å². The van der Waals surface area contributed by atoms with Gasteiger partial charge in [0.05, 0.1) is 10.6 Å². The van der Waals surface area contributed by atoms with E-state index < -0.39 is 16.1 Å². The van der Waals surface area contributed by atoms with E-state index in [9.17, 15) is 18.0 Å². The number of nitrogens with zero attached hydrogens (tertiary/aromatic N) is 1. The molecule has 30 heavy (non-hydrogen) atoms. The summed E-state index contributed by atoms with van der Waals surface area (Å²) in [6, 6.07) is 5.84. The summed E-state index contributed by atoms with van der Waals surface area (Å²) in [4.78, 5) is 27.5. The van der Waals surface area contributed by atoms with Gasteiger partial charge in [-0.3, -0.25) is 20.4 Å². The van der Waals surface area contributed by atoms with Crippen LogP contribution in [0.2, 0.25) is 0 Å². The van der Waals surface area contributed by atoms with Crippen molar-refractivity contribution in [2.75, 3.05) is 12.0 Å². The van der Waals surface area contributed by atoms with Gasteiger partial charge in [-0.05, 0) is 62.8 Å². The summed E-state index contributed by atoms with van der Waals surface area (Å²) in [5.41, 5.74) is 6.10. The zero-order valence-electron chi connectivity index (χ0n) is 17.1. The third-order valence-corrected chi connectivity index (χ3v) is 7.72. The second kappa shape index (κ2) is 8.93. The van der Waals surface area contributed by atoms with Gasteiger partial charge in [0, 0.05) is 18.5 Å². The molecule has 3 fully saturated rings. The minimum absolute atomic E-state index is 0.0535. The molecule has 1 atom stereocenters. The second-order valence-corrected chi connectivity index (χ2v) is 10.3. The summed E-state index contributed by atoms with van der Waals surface area (Å²) in [6.45, 7) is 0.633. The molecular formula is C21H30N4O4S. The molecule has 1 unspecified atom stereocenters. The molecule has 1 aromatic rings. The Hall–Kier alpha value is -2.13. The number of carbonyl (C=O) groups is 2. The van der Waals surface area contributed by atoms with Gasteiger partial charge in [-0.15, -0.1) is 0 Å². The van der Waals surface area contributed by atoms with E-state index in [1.807, 2.05) is 0 Å². The highest BCUT2D eigenvalue weighted by Crippen LogP contribution is 2.29. The summed E-state index contributed by atoms with van der Waals surface area (Å²) in [5.74, 6) is -0.0623. The van der Waals surface area contributed by atoms with Gasteiger partial charge < -0.3 is 4.90 Å². The summed E-state index contributed by atoms with van der Waals surface area (Å²) in [6.07, 6.45) is 8.47. The zero-order valence-corrected chi connectivity index (χ0v) is 17.9. The summed E-state index contributed by atoms with van der Waals surface area (Å²) >= 11 is 0. The number of benzene rings is 1. The van der Waals surface area contributed by atoms with Gasteiger partial charge in [-0.1, -0.05) is 19.3 Å². The molecule has 1 aromatic carbocycles. The van der Waals surface area contributed by atoms with Crippen molar-refractivity contribution in [2.45, 2.75) is 74.8 Å². The zero-order chi connectivity index (χ0) is 21.1. The molecule has 3 aliphatic rings. The lowest BCUT2D eigenvalue weighted by molar-refractivity contribution is -0.142. The van der Waals surface area contributed by atoms with Crippen LogP contribution in [0.25, 0.3) is 0 Å². The Morgan fingerprint density at radius 2 is 1.60 bits per heavy atom. The average Bonchev–Trinajstić information content (AvgIpc) is 3.42. The fraction of sp³-hybridized carbons (Fsp3) is 0.619. The van der Waals surface area contributed by atoms with Crippen LogP contribution in [0, 0.1) is 5.92 Å². The highest BCUT2D eigenvalue weighted by molar-refractivity contribution is 7.89. The molecule has 0 aromatic heterocycles.